The number of fused-ring (bicyclic) bond motifs is 3. The number of pyridine rings is 1. The molecule has 1 aliphatic rings. The van der Waals surface area contributed by atoms with Crippen molar-refractivity contribution in [1.82, 2.24) is 4.98 Å². The van der Waals surface area contributed by atoms with E-state index in [1.807, 2.05) is 58.9 Å². The highest BCUT2D eigenvalue weighted by Gasteiger charge is 2.42. The van der Waals surface area contributed by atoms with Gasteiger partial charge < -0.3 is 4.42 Å². The Kier molecular flexibility index (Phi) is 7.11. The number of hydrogen-bond donors (Lipinski definition) is 0. The normalized spacial score (nSPS) is 19.3. The molecular formula is C23H30FNO2. The lowest BCUT2D eigenvalue weighted by Gasteiger charge is -2.39. The third-order valence-electron chi connectivity index (χ3n) is 5.24. The summed E-state index contributed by atoms with van der Waals surface area (Å²) in [4.78, 5) is 16.7. The Morgan fingerprint density at radius 2 is 2.15 bits per heavy atom. The van der Waals surface area contributed by atoms with Crippen molar-refractivity contribution in [3.63, 3.8) is 0 Å². The summed E-state index contributed by atoms with van der Waals surface area (Å²) in [5.41, 5.74) is 0.388. The molecule has 3 unspecified atom stereocenters. The minimum absolute atomic E-state index is 0.132. The second-order valence-electron chi connectivity index (χ2n) is 6.81. The van der Waals surface area contributed by atoms with Crippen molar-refractivity contribution in [2.45, 2.75) is 66.0 Å². The molecule has 0 radical (unpaired) electrons. The van der Waals surface area contributed by atoms with Crippen LogP contribution in [-0.4, -0.2) is 11.2 Å². The summed E-state index contributed by atoms with van der Waals surface area (Å²) in [6, 6.07) is 3.44. The molecule has 0 saturated heterocycles. The van der Waals surface area contributed by atoms with E-state index in [2.05, 4.69) is 4.98 Å². The van der Waals surface area contributed by atoms with Gasteiger partial charge in [-0.2, -0.15) is 0 Å². The molecule has 3 nitrogen and oxygen atoms in total. The second-order valence-corrected chi connectivity index (χ2v) is 6.81. The molecule has 0 saturated carbocycles. The topological polar surface area (TPSA) is 43.1 Å². The number of halogens is 1. The van der Waals surface area contributed by atoms with Gasteiger partial charge in [0.15, 0.2) is 0 Å². The molecule has 2 heterocycles. The maximum Gasteiger partial charge on any atom is 0.345 e. The lowest BCUT2D eigenvalue weighted by atomic mass is 9.66. The van der Waals surface area contributed by atoms with Crippen LogP contribution in [0.2, 0.25) is 0 Å². The van der Waals surface area contributed by atoms with Gasteiger partial charge in [0.25, 0.3) is 0 Å². The Labute approximate surface area is 161 Å². The Balaban J connectivity index is 0.00000126. The van der Waals surface area contributed by atoms with Gasteiger partial charge in [-0.05, 0) is 37.5 Å². The Morgan fingerprint density at radius 1 is 1.41 bits per heavy atom. The smallest absolute Gasteiger partial charge is 0.345 e. The summed E-state index contributed by atoms with van der Waals surface area (Å²) in [6.07, 6.45) is 10.4. The van der Waals surface area contributed by atoms with E-state index in [0.717, 1.165) is 12.0 Å². The summed E-state index contributed by atoms with van der Waals surface area (Å²) < 4.78 is 20.6. The number of allylic oxidation sites excluding steroid dienone is 3. The first-order valence-electron chi connectivity index (χ1n) is 9.92. The maximum atomic E-state index is 15.1. The fourth-order valence-electron chi connectivity index (χ4n) is 3.82. The number of rotatable bonds is 5. The molecule has 4 heteroatoms. The highest BCUT2D eigenvalue weighted by atomic mass is 19.1. The van der Waals surface area contributed by atoms with E-state index in [9.17, 15) is 4.79 Å². The molecule has 3 rings (SSSR count). The zero-order valence-corrected chi connectivity index (χ0v) is 17.0. The van der Waals surface area contributed by atoms with E-state index in [4.69, 9.17) is 4.42 Å². The van der Waals surface area contributed by atoms with Crippen LogP contribution in [0.3, 0.4) is 0 Å². The Hall–Kier alpha value is -2.23. The standard InChI is InChI=1S/C21H24FNO2.C2H6/c1-4-6-12-21(3,17(22)5-2)15-10-7-11-16-18(15)19-14(20(24)25-16)9-8-13-23-19;1-2/h6-9,11-13,15,17H,4-5,10H2,1-3H3;1-2H3. The van der Waals surface area contributed by atoms with Crippen LogP contribution in [0, 0.1) is 5.41 Å². The lowest BCUT2D eigenvalue weighted by Crippen LogP contribution is -2.35. The van der Waals surface area contributed by atoms with Crippen LogP contribution < -0.4 is 5.63 Å². The summed E-state index contributed by atoms with van der Waals surface area (Å²) in [7, 11) is 0. The molecular weight excluding hydrogens is 341 g/mol. The lowest BCUT2D eigenvalue weighted by molar-refractivity contribution is 0.134. The average Bonchev–Trinajstić information content (AvgIpc) is 2.72. The third kappa shape index (κ3) is 3.90. The summed E-state index contributed by atoms with van der Waals surface area (Å²) >= 11 is 0. The van der Waals surface area contributed by atoms with Crippen molar-refractivity contribution in [1.29, 1.82) is 0 Å². The Bertz CT molecular complexity index is 884. The van der Waals surface area contributed by atoms with Crippen LogP contribution in [0.1, 0.15) is 71.1 Å². The van der Waals surface area contributed by atoms with Gasteiger partial charge in [0.1, 0.15) is 11.9 Å². The van der Waals surface area contributed by atoms with Gasteiger partial charge in [0.2, 0.25) is 0 Å². The second kappa shape index (κ2) is 9.12. The molecule has 0 N–H and O–H groups in total. The van der Waals surface area contributed by atoms with Crippen LogP contribution in [-0.2, 0) is 0 Å². The van der Waals surface area contributed by atoms with Crippen LogP contribution in [0.25, 0.3) is 17.0 Å². The summed E-state index contributed by atoms with van der Waals surface area (Å²) in [6.45, 7) is 9.87. The van der Waals surface area contributed by atoms with Gasteiger partial charge in [-0.1, -0.05) is 52.8 Å². The zero-order valence-electron chi connectivity index (χ0n) is 17.0. The molecule has 0 bridgehead atoms. The number of aromatic nitrogens is 1. The largest absolute Gasteiger partial charge is 0.423 e. The van der Waals surface area contributed by atoms with E-state index in [1.165, 1.54) is 0 Å². The monoisotopic (exact) mass is 371 g/mol. The van der Waals surface area contributed by atoms with E-state index in [0.29, 0.717) is 29.5 Å². The van der Waals surface area contributed by atoms with E-state index < -0.39 is 17.2 Å². The predicted molar refractivity (Wildman–Crippen MR) is 111 cm³/mol. The van der Waals surface area contributed by atoms with Crippen LogP contribution in [0.4, 0.5) is 4.39 Å². The first-order chi connectivity index (χ1) is 13.0. The fraction of sp³-hybridized carbons (Fsp3) is 0.478. The van der Waals surface area contributed by atoms with Gasteiger partial charge in [-0.3, -0.25) is 4.98 Å². The third-order valence-corrected chi connectivity index (χ3v) is 5.24. The van der Waals surface area contributed by atoms with Crippen molar-refractivity contribution >= 4 is 17.0 Å². The molecule has 0 aliphatic heterocycles. The zero-order chi connectivity index (χ0) is 20.0. The van der Waals surface area contributed by atoms with Gasteiger partial charge >= 0.3 is 5.63 Å². The maximum absolute atomic E-state index is 15.1. The average molecular weight is 371 g/mol. The molecule has 2 aromatic heterocycles. The molecule has 0 amide bonds. The fourth-order valence-corrected chi connectivity index (χ4v) is 3.82. The van der Waals surface area contributed by atoms with Crippen LogP contribution >= 0.6 is 0 Å². The minimum atomic E-state index is -0.995. The van der Waals surface area contributed by atoms with Crippen LogP contribution in [0.5, 0.6) is 0 Å². The molecule has 0 aromatic carbocycles. The van der Waals surface area contributed by atoms with Crippen LogP contribution in [0.15, 0.2) is 45.8 Å². The first kappa shape index (κ1) is 21.1. The van der Waals surface area contributed by atoms with Gasteiger partial charge in [0, 0.05) is 23.1 Å². The summed E-state index contributed by atoms with van der Waals surface area (Å²) in [5, 5.41) is 0.454. The van der Waals surface area contributed by atoms with Crippen molar-refractivity contribution in [3.05, 3.63) is 58.3 Å². The van der Waals surface area contributed by atoms with Crippen molar-refractivity contribution < 1.29 is 8.81 Å². The van der Waals surface area contributed by atoms with Crippen molar-refractivity contribution in [2.75, 3.05) is 0 Å². The Morgan fingerprint density at radius 3 is 2.81 bits per heavy atom. The molecule has 0 spiro atoms. The molecule has 146 valence electrons. The quantitative estimate of drug-likeness (QED) is 0.568. The molecule has 0 fully saturated rings. The highest BCUT2D eigenvalue weighted by molar-refractivity contribution is 5.83. The minimum Gasteiger partial charge on any atom is -0.423 e. The number of hydrogen-bond acceptors (Lipinski definition) is 3. The van der Waals surface area contributed by atoms with E-state index >= 15 is 4.39 Å². The first-order valence-corrected chi connectivity index (χ1v) is 9.92. The molecule has 2 aromatic rings. The van der Waals surface area contributed by atoms with E-state index in [-0.39, 0.29) is 5.92 Å². The SMILES string of the molecule is CC.CCC=CC(C)(C(F)CC)C1CC=Cc2oc(=O)c3cccnc3c21. The van der Waals surface area contributed by atoms with Gasteiger partial charge in [-0.15, -0.1) is 0 Å². The molecule has 3 atom stereocenters. The predicted octanol–water partition coefficient (Wildman–Crippen LogP) is 6.44. The molecule has 27 heavy (non-hydrogen) atoms. The van der Waals surface area contributed by atoms with Gasteiger partial charge in [0.05, 0.1) is 10.9 Å². The van der Waals surface area contributed by atoms with E-state index in [1.54, 1.807) is 18.3 Å². The number of nitrogens with zero attached hydrogens (tertiary/aromatic N) is 1. The summed E-state index contributed by atoms with van der Waals surface area (Å²) in [5.74, 6) is 0.374. The highest BCUT2D eigenvalue weighted by Crippen LogP contribution is 2.49. The number of alkyl halides is 1. The van der Waals surface area contributed by atoms with Crippen molar-refractivity contribution in [2.24, 2.45) is 5.41 Å². The van der Waals surface area contributed by atoms with Crippen molar-refractivity contribution in [3.8, 4) is 0 Å². The van der Waals surface area contributed by atoms with Gasteiger partial charge in [-0.25, -0.2) is 9.18 Å². The molecule has 1 aliphatic carbocycles.